The van der Waals surface area contributed by atoms with Crippen molar-refractivity contribution in [2.24, 2.45) is 0 Å². The first kappa shape index (κ1) is 12.1. The molecule has 0 saturated heterocycles. The number of benzene rings is 1. The van der Waals surface area contributed by atoms with E-state index in [1.54, 1.807) is 36.4 Å². The molecule has 0 saturated carbocycles. The number of hydrogen-bond acceptors (Lipinski definition) is 4. The number of aromatic nitrogens is 1. The van der Waals surface area contributed by atoms with Crippen LogP contribution in [0.25, 0.3) is 22.2 Å². The van der Waals surface area contributed by atoms with Crippen molar-refractivity contribution in [2.75, 3.05) is 0 Å². The summed E-state index contributed by atoms with van der Waals surface area (Å²) >= 11 is 0. The summed E-state index contributed by atoms with van der Waals surface area (Å²) in [4.78, 5) is 25.8. The summed E-state index contributed by atoms with van der Waals surface area (Å²) in [6.07, 6.45) is 1.93. The van der Waals surface area contributed by atoms with E-state index in [9.17, 15) is 9.59 Å². The van der Waals surface area contributed by atoms with Crippen LogP contribution >= 0.6 is 0 Å². The highest BCUT2D eigenvalue weighted by molar-refractivity contribution is 5.98. The second kappa shape index (κ2) is 4.62. The summed E-state index contributed by atoms with van der Waals surface area (Å²) in [7, 11) is 0. The quantitative estimate of drug-likeness (QED) is 0.738. The molecule has 0 aliphatic carbocycles. The minimum atomic E-state index is -1.04. The second-order valence-corrected chi connectivity index (χ2v) is 4.22. The predicted octanol–water partition coefficient (Wildman–Crippen LogP) is 3.01. The number of nitrogens with zero attached hydrogens (tertiary/aromatic N) is 1. The smallest absolute Gasteiger partial charge is 0.337 e. The van der Waals surface area contributed by atoms with E-state index in [0.717, 1.165) is 0 Å². The van der Waals surface area contributed by atoms with Gasteiger partial charge >= 0.3 is 5.97 Å². The third-order valence-corrected chi connectivity index (χ3v) is 2.98. The van der Waals surface area contributed by atoms with Gasteiger partial charge in [0.25, 0.3) is 0 Å². The van der Waals surface area contributed by atoms with E-state index in [2.05, 4.69) is 4.98 Å². The zero-order valence-electron chi connectivity index (χ0n) is 10.2. The first-order chi connectivity index (χ1) is 9.69. The molecule has 20 heavy (non-hydrogen) atoms. The molecular weight excluding hydrogens is 258 g/mol. The molecule has 3 rings (SSSR count). The maximum absolute atomic E-state index is 11.0. The molecule has 0 radical (unpaired) electrons. The van der Waals surface area contributed by atoms with Crippen LogP contribution in [0, 0.1) is 0 Å². The van der Waals surface area contributed by atoms with Crippen LogP contribution in [0.3, 0.4) is 0 Å². The number of carboxylic acid groups (broad SMARTS) is 1. The van der Waals surface area contributed by atoms with Gasteiger partial charge in [0.1, 0.15) is 5.76 Å². The Bertz CT molecular complexity index is 820. The number of rotatable bonds is 3. The SMILES string of the molecule is O=Cc1ccc(-c2cccc3ncc(C(=O)O)cc23)o1. The molecule has 5 heteroatoms. The first-order valence-electron chi connectivity index (χ1n) is 5.86. The zero-order valence-corrected chi connectivity index (χ0v) is 10.2. The lowest BCUT2D eigenvalue weighted by molar-refractivity contribution is 0.0696. The molecule has 0 atom stereocenters. The Balaban J connectivity index is 2.26. The van der Waals surface area contributed by atoms with Crippen molar-refractivity contribution >= 4 is 23.2 Å². The third kappa shape index (κ3) is 1.95. The maximum Gasteiger partial charge on any atom is 0.337 e. The molecule has 0 amide bonds. The van der Waals surface area contributed by atoms with Crippen LogP contribution in [0.1, 0.15) is 20.9 Å². The largest absolute Gasteiger partial charge is 0.478 e. The Morgan fingerprint density at radius 2 is 2.10 bits per heavy atom. The number of furan rings is 1. The molecule has 5 nitrogen and oxygen atoms in total. The van der Waals surface area contributed by atoms with Gasteiger partial charge in [0, 0.05) is 17.1 Å². The van der Waals surface area contributed by atoms with Crippen LogP contribution in [-0.4, -0.2) is 22.3 Å². The molecule has 0 aliphatic rings. The lowest BCUT2D eigenvalue weighted by Crippen LogP contribution is -1.97. The molecule has 0 spiro atoms. The van der Waals surface area contributed by atoms with E-state index >= 15 is 0 Å². The standard InChI is InChI=1S/C15H9NO4/c17-8-10-4-5-14(20-10)11-2-1-3-13-12(11)6-9(7-16-13)15(18)19/h1-8H,(H,18,19). The van der Waals surface area contributed by atoms with Crippen molar-refractivity contribution < 1.29 is 19.1 Å². The fourth-order valence-electron chi connectivity index (χ4n) is 2.04. The Morgan fingerprint density at radius 1 is 1.25 bits per heavy atom. The maximum atomic E-state index is 11.0. The minimum Gasteiger partial charge on any atom is -0.478 e. The molecule has 0 aliphatic heterocycles. The third-order valence-electron chi connectivity index (χ3n) is 2.98. The number of aromatic carboxylic acids is 1. The van der Waals surface area contributed by atoms with E-state index in [4.69, 9.17) is 9.52 Å². The van der Waals surface area contributed by atoms with Crippen LogP contribution in [-0.2, 0) is 0 Å². The fraction of sp³-hybridized carbons (Fsp3) is 0. The van der Waals surface area contributed by atoms with Crippen molar-refractivity contribution in [3.8, 4) is 11.3 Å². The number of aldehydes is 1. The van der Waals surface area contributed by atoms with Crippen molar-refractivity contribution in [2.45, 2.75) is 0 Å². The van der Waals surface area contributed by atoms with Crippen LogP contribution in [0.5, 0.6) is 0 Å². The lowest BCUT2D eigenvalue weighted by atomic mass is 10.0. The number of carbonyl (C=O) groups excluding carboxylic acids is 1. The summed E-state index contributed by atoms with van der Waals surface area (Å²) in [6, 6.07) is 10.2. The van der Waals surface area contributed by atoms with Crippen molar-refractivity contribution in [1.82, 2.24) is 4.98 Å². The number of carboxylic acids is 1. The van der Waals surface area contributed by atoms with Crippen LogP contribution in [0.15, 0.2) is 47.0 Å². The van der Waals surface area contributed by atoms with E-state index in [1.807, 2.05) is 0 Å². The summed E-state index contributed by atoms with van der Waals surface area (Å²) in [5, 5.41) is 9.70. The Hall–Kier alpha value is -2.95. The molecule has 0 fully saturated rings. The topological polar surface area (TPSA) is 80.4 Å². The van der Waals surface area contributed by atoms with Crippen LogP contribution in [0.4, 0.5) is 0 Å². The molecule has 2 aromatic heterocycles. The molecule has 3 aromatic rings. The van der Waals surface area contributed by atoms with Crippen molar-refractivity contribution in [3.63, 3.8) is 0 Å². The zero-order chi connectivity index (χ0) is 14.1. The molecule has 98 valence electrons. The van der Waals surface area contributed by atoms with Crippen LogP contribution < -0.4 is 0 Å². The average molecular weight is 267 g/mol. The van der Waals surface area contributed by atoms with E-state index in [1.165, 1.54) is 6.20 Å². The van der Waals surface area contributed by atoms with Gasteiger partial charge < -0.3 is 9.52 Å². The first-order valence-corrected chi connectivity index (χ1v) is 5.86. The van der Waals surface area contributed by atoms with Gasteiger partial charge in [-0.15, -0.1) is 0 Å². The van der Waals surface area contributed by atoms with Gasteiger partial charge in [-0.3, -0.25) is 9.78 Å². The molecule has 0 unspecified atom stereocenters. The number of carbonyl (C=O) groups is 2. The van der Waals surface area contributed by atoms with Crippen molar-refractivity contribution in [3.05, 3.63) is 53.9 Å². The average Bonchev–Trinajstić information content (AvgIpc) is 2.94. The second-order valence-electron chi connectivity index (χ2n) is 4.22. The van der Waals surface area contributed by atoms with E-state index in [0.29, 0.717) is 28.5 Å². The van der Waals surface area contributed by atoms with E-state index in [-0.39, 0.29) is 11.3 Å². The highest BCUT2D eigenvalue weighted by Crippen LogP contribution is 2.29. The summed E-state index contributed by atoms with van der Waals surface area (Å²) in [6.45, 7) is 0. The number of hydrogen-bond donors (Lipinski definition) is 1. The summed E-state index contributed by atoms with van der Waals surface area (Å²) in [5.74, 6) is -0.316. The number of fused-ring (bicyclic) bond motifs is 1. The van der Waals surface area contributed by atoms with Crippen LogP contribution in [0.2, 0.25) is 0 Å². The van der Waals surface area contributed by atoms with Crippen molar-refractivity contribution in [1.29, 1.82) is 0 Å². The fourth-order valence-corrected chi connectivity index (χ4v) is 2.04. The Labute approximate surface area is 113 Å². The van der Waals surface area contributed by atoms with Gasteiger partial charge in [0.2, 0.25) is 0 Å². The Morgan fingerprint density at radius 3 is 2.80 bits per heavy atom. The molecular formula is C15H9NO4. The summed E-state index contributed by atoms with van der Waals surface area (Å²) in [5.41, 5.74) is 1.47. The van der Waals surface area contributed by atoms with Gasteiger partial charge in [-0.1, -0.05) is 12.1 Å². The minimum absolute atomic E-state index is 0.104. The Kier molecular flexibility index (Phi) is 2.80. The van der Waals surface area contributed by atoms with Gasteiger partial charge in [-0.25, -0.2) is 4.79 Å². The van der Waals surface area contributed by atoms with Gasteiger partial charge in [-0.05, 0) is 24.3 Å². The molecule has 2 heterocycles. The summed E-state index contributed by atoms with van der Waals surface area (Å²) < 4.78 is 5.38. The number of pyridine rings is 1. The molecule has 0 bridgehead atoms. The van der Waals surface area contributed by atoms with Gasteiger partial charge in [0.05, 0.1) is 11.1 Å². The monoisotopic (exact) mass is 267 g/mol. The van der Waals surface area contributed by atoms with Gasteiger partial charge in [0.15, 0.2) is 12.0 Å². The van der Waals surface area contributed by atoms with E-state index < -0.39 is 5.97 Å². The lowest BCUT2D eigenvalue weighted by Gasteiger charge is -2.04. The highest BCUT2D eigenvalue weighted by Gasteiger charge is 2.11. The molecule has 1 aromatic carbocycles. The van der Waals surface area contributed by atoms with Gasteiger partial charge in [-0.2, -0.15) is 0 Å². The normalized spacial score (nSPS) is 10.6. The molecule has 1 N–H and O–H groups in total. The highest BCUT2D eigenvalue weighted by atomic mass is 16.4. The predicted molar refractivity (Wildman–Crippen MR) is 71.8 cm³/mol.